The number of nitrogens with zero attached hydrogens (tertiary/aromatic N) is 3. The zero-order valence-electron chi connectivity index (χ0n) is 18.6. The molecule has 0 fully saturated rings. The fourth-order valence-electron chi connectivity index (χ4n) is 3.33. The maximum absolute atomic E-state index is 12.8. The number of nitrogens with one attached hydrogen (secondary N) is 1. The van der Waals surface area contributed by atoms with E-state index in [1.165, 1.54) is 0 Å². The van der Waals surface area contributed by atoms with E-state index in [1.807, 2.05) is 49.5 Å². The first-order valence-electron chi connectivity index (χ1n) is 10.4. The van der Waals surface area contributed by atoms with Gasteiger partial charge in [0, 0.05) is 37.0 Å². The van der Waals surface area contributed by atoms with Crippen LogP contribution < -0.4 is 10.2 Å². The molecule has 1 N–H and O–H groups in total. The molecule has 5 nitrogen and oxygen atoms in total. The predicted octanol–water partition coefficient (Wildman–Crippen LogP) is 6.52. The molecule has 8 heteroatoms. The number of carbonyl (C=O) groups excluding carboxylic acids is 1. The largest absolute Gasteiger partial charge is 0.350 e. The molecule has 4 aromatic rings. The molecule has 170 valence electrons. The van der Waals surface area contributed by atoms with Gasteiger partial charge in [-0.2, -0.15) is 0 Å². The van der Waals surface area contributed by atoms with Crippen molar-refractivity contribution in [1.29, 1.82) is 0 Å². The molecule has 0 aliphatic carbocycles. The van der Waals surface area contributed by atoms with E-state index < -0.39 is 0 Å². The lowest BCUT2D eigenvalue weighted by Crippen LogP contribution is -2.28. The molecule has 0 saturated carbocycles. The van der Waals surface area contributed by atoms with Crippen molar-refractivity contribution in [1.82, 2.24) is 9.88 Å². The summed E-state index contributed by atoms with van der Waals surface area (Å²) in [4.78, 5) is 21.8. The molecule has 0 radical (unpaired) electrons. The summed E-state index contributed by atoms with van der Waals surface area (Å²) in [6.07, 6.45) is 0. The summed E-state index contributed by atoms with van der Waals surface area (Å²) < 4.78 is 1.03. The molecule has 3 aromatic carbocycles. The van der Waals surface area contributed by atoms with Crippen molar-refractivity contribution in [3.63, 3.8) is 0 Å². The number of rotatable bonds is 7. The molecule has 0 bridgehead atoms. The molecule has 1 amide bonds. The number of hydrogen-bond donors (Lipinski definition) is 1. The highest BCUT2D eigenvalue weighted by atomic mass is 35.5. The van der Waals surface area contributed by atoms with E-state index in [1.54, 1.807) is 29.5 Å². The van der Waals surface area contributed by atoms with Gasteiger partial charge in [-0.1, -0.05) is 58.8 Å². The Hall–Kier alpha value is -2.64. The molecule has 4 rings (SSSR count). The van der Waals surface area contributed by atoms with Gasteiger partial charge >= 0.3 is 0 Å². The van der Waals surface area contributed by atoms with E-state index in [0.717, 1.165) is 45.3 Å². The number of benzene rings is 3. The number of likely N-dealkylation sites (N-methyl/N-ethyl adjacent to an activating group) is 2. The smallest absolute Gasteiger partial charge is 0.255 e. The quantitative estimate of drug-likeness (QED) is 0.315. The van der Waals surface area contributed by atoms with Gasteiger partial charge in [0.15, 0.2) is 5.13 Å². The molecule has 1 heterocycles. The number of aromatic nitrogens is 1. The number of amides is 1. The Morgan fingerprint density at radius 1 is 1.00 bits per heavy atom. The summed E-state index contributed by atoms with van der Waals surface area (Å²) in [5.41, 5.74) is 3.95. The van der Waals surface area contributed by atoms with Crippen molar-refractivity contribution in [2.75, 3.05) is 44.4 Å². The minimum absolute atomic E-state index is 0.175. The lowest BCUT2D eigenvalue weighted by molar-refractivity contribution is 0.102. The first-order valence-corrected chi connectivity index (χ1v) is 12.0. The van der Waals surface area contributed by atoms with Gasteiger partial charge in [-0.05, 0) is 56.1 Å². The molecule has 33 heavy (non-hydrogen) atoms. The van der Waals surface area contributed by atoms with Crippen molar-refractivity contribution in [2.45, 2.75) is 0 Å². The van der Waals surface area contributed by atoms with Crippen molar-refractivity contribution < 1.29 is 4.79 Å². The third kappa shape index (κ3) is 5.47. The molecule has 0 aliphatic rings. The van der Waals surface area contributed by atoms with E-state index in [-0.39, 0.29) is 5.91 Å². The van der Waals surface area contributed by atoms with Crippen LogP contribution in [0.25, 0.3) is 21.3 Å². The minimum atomic E-state index is -0.175. The molecular weight excluding hydrogens is 475 g/mol. The average molecular weight is 499 g/mol. The van der Waals surface area contributed by atoms with Gasteiger partial charge in [0.05, 0.1) is 20.3 Å². The lowest BCUT2D eigenvalue weighted by Gasteiger charge is -2.18. The molecule has 0 aliphatic heterocycles. The van der Waals surface area contributed by atoms with E-state index in [9.17, 15) is 4.79 Å². The molecule has 0 unspecified atom stereocenters. The first-order chi connectivity index (χ1) is 15.8. The number of thiazole rings is 1. The highest BCUT2D eigenvalue weighted by Gasteiger charge is 2.12. The highest BCUT2D eigenvalue weighted by Crippen LogP contribution is 2.34. The monoisotopic (exact) mass is 498 g/mol. The van der Waals surface area contributed by atoms with Gasteiger partial charge in [0.25, 0.3) is 5.91 Å². The summed E-state index contributed by atoms with van der Waals surface area (Å²) in [6.45, 7) is 1.85. The number of anilines is 2. The summed E-state index contributed by atoms with van der Waals surface area (Å²) >= 11 is 14.1. The molecular formula is C25H24Cl2N4OS. The summed E-state index contributed by atoms with van der Waals surface area (Å²) in [7, 11) is 6.16. The second-order valence-electron chi connectivity index (χ2n) is 8.04. The molecule has 0 saturated heterocycles. The van der Waals surface area contributed by atoms with Crippen molar-refractivity contribution >= 4 is 61.5 Å². The van der Waals surface area contributed by atoms with Crippen LogP contribution in [0.15, 0.2) is 60.7 Å². The van der Waals surface area contributed by atoms with E-state index in [2.05, 4.69) is 29.2 Å². The van der Waals surface area contributed by atoms with Gasteiger partial charge < -0.3 is 15.1 Å². The van der Waals surface area contributed by atoms with Crippen molar-refractivity contribution in [3.05, 3.63) is 76.3 Å². The van der Waals surface area contributed by atoms with Crippen LogP contribution in [-0.2, 0) is 0 Å². The summed E-state index contributed by atoms with van der Waals surface area (Å²) in [6, 6.07) is 18.6. The van der Waals surface area contributed by atoms with Crippen LogP contribution in [0.1, 0.15) is 10.4 Å². The Bertz CT molecular complexity index is 1290. The zero-order chi connectivity index (χ0) is 23.5. The predicted molar refractivity (Wildman–Crippen MR) is 141 cm³/mol. The average Bonchev–Trinajstić information content (AvgIpc) is 3.23. The maximum Gasteiger partial charge on any atom is 0.255 e. The van der Waals surface area contributed by atoms with Gasteiger partial charge in [0.1, 0.15) is 0 Å². The third-order valence-electron chi connectivity index (χ3n) is 5.25. The number of hydrogen-bond acceptors (Lipinski definition) is 5. The van der Waals surface area contributed by atoms with Crippen LogP contribution >= 0.6 is 34.5 Å². The van der Waals surface area contributed by atoms with E-state index >= 15 is 0 Å². The lowest BCUT2D eigenvalue weighted by atomic mass is 10.0. The van der Waals surface area contributed by atoms with Gasteiger partial charge in [-0.3, -0.25) is 4.79 Å². The van der Waals surface area contributed by atoms with Crippen LogP contribution in [0.5, 0.6) is 0 Å². The topological polar surface area (TPSA) is 48.5 Å². The fourth-order valence-corrected chi connectivity index (χ4v) is 4.73. The number of carbonyl (C=O) groups is 1. The number of fused-ring (bicyclic) bond motifs is 1. The highest BCUT2D eigenvalue weighted by molar-refractivity contribution is 7.22. The molecule has 0 atom stereocenters. The standard InChI is InChI=1S/C25H24Cl2N4OS/c1-30(2)13-14-31(3)25-29-21-12-11-18(15-22(21)33-25)28-24(32)17-9-7-16(8-10-17)19-5-4-6-20(26)23(19)27/h4-12,15H,13-14H2,1-3H3,(H,28,32). The third-order valence-corrected chi connectivity index (χ3v) is 7.21. The van der Waals surface area contributed by atoms with Crippen molar-refractivity contribution in [3.8, 4) is 11.1 Å². The van der Waals surface area contributed by atoms with Crippen molar-refractivity contribution in [2.24, 2.45) is 0 Å². The molecule has 1 aromatic heterocycles. The SMILES string of the molecule is CN(C)CCN(C)c1nc2ccc(NC(=O)c3ccc(-c4cccc(Cl)c4Cl)cc3)cc2s1. The zero-order valence-corrected chi connectivity index (χ0v) is 20.9. The minimum Gasteiger partial charge on any atom is -0.350 e. The Balaban J connectivity index is 1.47. The second kappa shape index (κ2) is 10.1. The Kier molecular flexibility index (Phi) is 7.20. The first kappa shape index (κ1) is 23.5. The fraction of sp³-hybridized carbons (Fsp3) is 0.200. The van der Waals surface area contributed by atoms with Crippen LogP contribution in [0.4, 0.5) is 10.8 Å². The van der Waals surface area contributed by atoms with Crippen LogP contribution in [0.3, 0.4) is 0 Å². The van der Waals surface area contributed by atoms with Gasteiger partial charge in [0.2, 0.25) is 0 Å². The van der Waals surface area contributed by atoms with E-state index in [4.69, 9.17) is 28.2 Å². The number of halogens is 2. The van der Waals surface area contributed by atoms with E-state index in [0.29, 0.717) is 15.6 Å². The summed E-state index contributed by atoms with van der Waals surface area (Å²) in [5, 5.41) is 4.95. The van der Waals surface area contributed by atoms with Crippen LogP contribution in [0.2, 0.25) is 10.0 Å². The summed E-state index contributed by atoms with van der Waals surface area (Å²) in [5.74, 6) is -0.175. The van der Waals surface area contributed by atoms with Crippen LogP contribution in [-0.4, -0.2) is 50.0 Å². The normalized spacial score (nSPS) is 11.2. The Morgan fingerprint density at radius 2 is 1.76 bits per heavy atom. The van der Waals surface area contributed by atoms with Crippen LogP contribution in [0, 0.1) is 0 Å². The van der Waals surface area contributed by atoms with Gasteiger partial charge in [-0.25, -0.2) is 4.98 Å². The Morgan fingerprint density at radius 3 is 2.48 bits per heavy atom. The second-order valence-corrected chi connectivity index (χ2v) is 9.83. The Labute approximate surface area is 207 Å². The molecule has 0 spiro atoms. The maximum atomic E-state index is 12.8. The van der Waals surface area contributed by atoms with Gasteiger partial charge in [-0.15, -0.1) is 0 Å².